The number of hydrogen-bond acceptors (Lipinski definition) is 5. The summed E-state index contributed by atoms with van der Waals surface area (Å²) in [6, 6.07) is 8.26. The Morgan fingerprint density at radius 2 is 2.10 bits per heavy atom. The van der Waals surface area contributed by atoms with Gasteiger partial charge in [-0.05, 0) is 35.6 Å². The van der Waals surface area contributed by atoms with Gasteiger partial charge >= 0.3 is 10.1 Å². The molecule has 20 heavy (non-hydrogen) atoms. The second-order valence-corrected chi connectivity index (χ2v) is 6.67. The summed E-state index contributed by atoms with van der Waals surface area (Å²) in [5.41, 5.74) is 0.970. The third-order valence-electron chi connectivity index (χ3n) is 2.55. The van der Waals surface area contributed by atoms with Crippen molar-refractivity contribution >= 4 is 21.5 Å². The Hall–Kier alpha value is -1.79. The van der Waals surface area contributed by atoms with Crippen LogP contribution in [0.15, 0.2) is 52.6 Å². The maximum Gasteiger partial charge on any atom is 0.348 e. The van der Waals surface area contributed by atoms with Crippen LogP contribution in [-0.2, 0) is 16.5 Å². The molecule has 106 valence electrons. The largest absolute Gasteiger partial charge is 0.493 e. The summed E-state index contributed by atoms with van der Waals surface area (Å²) in [5.74, 6) is 0.554. The molecule has 0 aliphatic carbocycles. The van der Waals surface area contributed by atoms with E-state index >= 15 is 0 Å². The molecule has 0 atom stereocenters. The number of methoxy groups -OCH3 is 1. The highest BCUT2D eigenvalue weighted by molar-refractivity contribution is 7.89. The van der Waals surface area contributed by atoms with Crippen molar-refractivity contribution in [2.24, 2.45) is 0 Å². The fourth-order valence-electron chi connectivity index (χ4n) is 1.64. The van der Waals surface area contributed by atoms with Gasteiger partial charge in [-0.2, -0.15) is 8.42 Å². The summed E-state index contributed by atoms with van der Waals surface area (Å²) < 4.78 is 34.6. The molecule has 0 saturated carbocycles. The molecular formula is C14H14O4S2. The van der Waals surface area contributed by atoms with Crippen LogP contribution >= 0.6 is 11.3 Å². The third-order valence-corrected chi connectivity index (χ3v) is 5.14. The quantitative estimate of drug-likeness (QED) is 0.607. The van der Waals surface area contributed by atoms with Crippen molar-refractivity contribution in [3.63, 3.8) is 0 Å². The number of rotatable bonds is 6. The van der Waals surface area contributed by atoms with Crippen LogP contribution in [0.25, 0.3) is 0 Å². The molecule has 0 aliphatic rings. The second kappa shape index (κ2) is 6.11. The van der Waals surface area contributed by atoms with Crippen molar-refractivity contribution in [3.05, 3.63) is 53.9 Å². The summed E-state index contributed by atoms with van der Waals surface area (Å²) in [4.78, 5) is 0. The monoisotopic (exact) mass is 310 g/mol. The lowest BCUT2D eigenvalue weighted by Crippen LogP contribution is -2.09. The average molecular weight is 310 g/mol. The van der Waals surface area contributed by atoms with Gasteiger partial charge in [0.05, 0.1) is 7.11 Å². The molecule has 0 bridgehead atoms. The van der Waals surface area contributed by atoms with Crippen molar-refractivity contribution < 1.29 is 17.3 Å². The number of benzene rings is 1. The summed E-state index contributed by atoms with van der Waals surface area (Å²) in [7, 11) is -2.34. The molecule has 0 saturated heterocycles. The molecule has 0 N–H and O–H groups in total. The summed E-state index contributed by atoms with van der Waals surface area (Å²) >= 11 is 1.11. The van der Waals surface area contributed by atoms with E-state index in [1.165, 1.54) is 13.2 Å². The molecule has 1 aromatic heterocycles. The molecule has 0 amide bonds. The highest BCUT2D eigenvalue weighted by Crippen LogP contribution is 2.31. The van der Waals surface area contributed by atoms with Crippen molar-refractivity contribution in [3.8, 4) is 11.5 Å². The van der Waals surface area contributed by atoms with E-state index < -0.39 is 10.1 Å². The van der Waals surface area contributed by atoms with Crippen molar-refractivity contribution in [2.45, 2.75) is 10.6 Å². The predicted octanol–water partition coefficient (Wildman–Crippen LogP) is 3.25. The minimum absolute atomic E-state index is 0.162. The maximum absolute atomic E-state index is 12.1. The van der Waals surface area contributed by atoms with E-state index in [1.807, 2.05) is 0 Å². The molecular weight excluding hydrogens is 296 g/mol. The normalized spacial score (nSPS) is 11.1. The first-order valence-corrected chi connectivity index (χ1v) is 8.11. The molecule has 1 heterocycles. The van der Waals surface area contributed by atoms with Gasteiger partial charge in [-0.1, -0.05) is 18.2 Å². The summed E-state index contributed by atoms with van der Waals surface area (Å²) in [6.45, 7) is 3.66. The molecule has 2 rings (SSSR count). The van der Waals surface area contributed by atoms with Crippen LogP contribution in [0.4, 0.5) is 0 Å². The Morgan fingerprint density at radius 1 is 1.30 bits per heavy atom. The topological polar surface area (TPSA) is 52.6 Å². The zero-order chi connectivity index (χ0) is 14.6. The summed E-state index contributed by atoms with van der Waals surface area (Å²) in [5, 5.41) is 1.68. The molecule has 1 aromatic carbocycles. The zero-order valence-electron chi connectivity index (χ0n) is 10.9. The van der Waals surface area contributed by atoms with Crippen LogP contribution in [0.2, 0.25) is 0 Å². The lowest BCUT2D eigenvalue weighted by molar-refractivity contribution is 0.390. The highest BCUT2D eigenvalue weighted by atomic mass is 32.3. The number of thiophene rings is 1. The number of hydrogen-bond donors (Lipinski definition) is 0. The zero-order valence-corrected chi connectivity index (χ0v) is 12.5. The Labute approximate surface area is 122 Å². The van der Waals surface area contributed by atoms with E-state index in [9.17, 15) is 8.42 Å². The molecule has 0 fully saturated rings. The molecule has 0 spiro atoms. The van der Waals surface area contributed by atoms with Gasteiger partial charge in [0.25, 0.3) is 0 Å². The molecule has 4 nitrogen and oxygen atoms in total. The van der Waals surface area contributed by atoms with Crippen molar-refractivity contribution in [1.29, 1.82) is 0 Å². The second-order valence-electron chi connectivity index (χ2n) is 3.95. The predicted molar refractivity (Wildman–Crippen MR) is 79.0 cm³/mol. The van der Waals surface area contributed by atoms with E-state index in [0.29, 0.717) is 12.2 Å². The van der Waals surface area contributed by atoms with Crippen LogP contribution in [0, 0.1) is 0 Å². The van der Waals surface area contributed by atoms with Gasteiger partial charge in [-0.15, -0.1) is 17.9 Å². The average Bonchev–Trinajstić information content (AvgIpc) is 2.95. The minimum atomic E-state index is -3.81. The van der Waals surface area contributed by atoms with E-state index in [1.54, 1.807) is 35.7 Å². The molecule has 2 aromatic rings. The van der Waals surface area contributed by atoms with Crippen molar-refractivity contribution in [1.82, 2.24) is 0 Å². The van der Waals surface area contributed by atoms with Gasteiger partial charge in [-0.3, -0.25) is 0 Å². The van der Waals surface area contributed by atoms with E-state index in [4.69, 9.17) is 8.92 Å². The SMILES string of the molecule is C=CCc1ccc(OS(=O)(=O)c2cccs2)c(OC)c1. The fraction of sp³-hybridized carbons (Fsp3) is 0.143. The van der Waals surface area contributed by atoms with Crippen LogP contribution in [-0.4, -0.2) is 15.5 Å². The van der Waals surface area contributed by atoms with Crippen LogP contribution < -0.4 is 8.92 Å². The Bertz CT molecular complexity index is 688. The first kappa shape index (κ1) is 14.6. The van der Waals surface area contributed by atoms with E-state index in [-0.39, 0.29) is 9.96 Å². The maximum atomic E-state index is 12.1. The lowest BCUT2D eigenvalue weighted by atomic mass is 10.1. The van der Waals surface area contributed by atoms with Crippen LogP contribution in [0.1, 0.15) is 5.56 Å². The third kappa shape index (κ3) is 3.20. The Balaban J connectivity index is 2.32. The van der Waals surface area contributed by atoms with Gasteiger partial charge in [0.2, 0.25) is 0 Å². The van der Waals surface area contributed by atoms with Gasteiger partial charge < -0.3 is 8.92 Å². The minimum Gasteiger partial charge on any atom is -0.493 e. The van der Waals surface area contributed by atoms with Crippen LogP contribution in [0.5, 0.6) is 11.5 Å². The van der Waals surface area contributed by atoms with Crippen molar-refractivity contribution in [2.75, 3.05) is 7.11 Å². The van der Waals surface area contributed by atoms with Gasteiger partial charge in [0.15, 0.2) is 15.7 Å². The highest BCUT2D eigenvalue weighted by Gasteiger charge is 2.20. The first-order valence-electron chi connectivity index (χ1n) is 5.82. The van der Waals surface area contributed by atoms with Gasteiger partial charge in [0, 0.05) is 0 Å². The van der Waals surface area contributed by atoms with Gasteiger partial charge in [0.1, 0.15) is 0 Å². The molecule has 6 heteroatoms. The standard InChI is InChI=1S/C14H14O4S2/c1-3-5-11-7-8-12(13(10-11)17-2)18-20(15,16)14-6-4-9-19-14/h3-4,6-10H,1,5H2,2H3. The smallest absolute Gasteiger partial charge is 0.348 e. The Kier molecular flexibility index (Phi) is 4.46. The van der Waals surface area contributed by atoms with E-state index in [2.05, 4.69) is 6.58 Å². The lowest BCUT2D eigenvalue weighted by Gasteiger charge is -2.11. The summed E-state index contributed by atoms with van der Waals surface area (Å²) in [6.07, 6.45) is 2.44. The van der Waals surface area contributed by atoms with E-state index in [0.717, 1.165) is 16.9 Å². The van der Waals surface area contributed by atoms with Gasteiger partial charge in [-0.25, -0.2) is 0 Å². The van der Waals surface area contributed by atoms with Crippen LogP contribution in [0.3, 0.4) is 0 Å². The molecule has 0 unspecified atom stereocenters. The number of allylic oxidation sites excluding steroid dienone is 1. The molecule has 0 aliphatic heterocycles. The molecule has 0 radical (unpaired) electrons. The fourth-order valence-corrected chi connectivity index (χ4v) is 3.53. The first-order chi connectivity index (χ1) is 9.56. The Morgan fingerprint density at radius 3 is 2.70 bits per heavy atom. The number of ether oxygens (including phenoxy) is 1.